The van der Waals surface area contributed by atoms with Crippen molar-refractivity contribution >= 4 is 29.1 Å². The molecular formula is C19H22N4O3S. The van der Waals surface area contributed by atoms with Gasteiger partial charge in [-0.15, -0.1) is 11.3 Å². The fraction of sp³-hybridized carbons (Fsp3) is 0.579. The molecule has 8 heteroatoms. The number of carbonyl (C=O) groups excluding carboxylic acids is 3. The summed E-state index contributed by atoms with van der Waals surface area (Å²) in [4.78, 5) is 43.9. The van der Waals surface area contributed by atoms with E-state index in [0.29, 0.717) is 30.9 Å². The van der Waals surface area contributed by atoms with Crippen molar-refractivity contribution in [1.29, 1.82) is 5.26 Å². The normalized spacial score (nSPS) is 27.9. The predicted octanol–water partition coefficient (Wildman–Crippen LogP) is 1.32. The average Bonchev–Trinajstić information content (AvgIpc) is 3.45. The van der Waals surface area contributed by atoms with Crippen molar-refractivity contribution in [3.05, 3.63) is 22.4 Å². The van der Waals surface area contributed by atoms with Gasteiger partial charge in [-0.2, -0.15) is 5.26 Å². The summed E-state index contributed by atoms with van der Waals surface area (Å²) in [5.41, 5.74) is 0. The fourth-order valence-electron chi connectivity index (χ4n) is 4.47. The van der Waals surface area contributed by atoms with Crippen LogP contribution in [0.2, 0.25) is 0 Å². The van der Waals surface area contributed by atoms with Crippen LogP contribution in [0.15, 0.2) is 17.5 Å². The number of thiophene rings is 1. The van der Waals surface area contributed by atoms with E-state index in [2.05, 4.69) is 6.07 Å². The van der Waals surface area contributed by atoms with Gasteiger partial charge in [0.2, 0.25) is 11.8 Å². The van der Waals surface area contributed by atoms with Gasteiger partial charge in [0.15, 0.2) is 0 Å². The quantitative estimate of drug-likeness (QED) is 0.781. The lowest BCUT2D eigenvalue weighted by Gasteiger charge is -2.35. The molecule has 0 N–H and O–H groups in total. The standard InChI is InChI=1S/C19H22N4O3S/c1-12(17(24)21-6-2-4-13(21)9-20)10-22-14-8-15(18(22)25)23(11-14)19(26)16-5-3-7-27-16/h3,5,7,12-15H,2,4,6,8,10-11H2,1H3/t12-,13-,14+,15+/m0/s1. The number of fused-ring (bicyclic) bond motifs is 2. The van der Waals surface area contributed by atoms with Crippen LogP contribution in [-0.2, 0) is 9.59 Å². The molecule has 3 aliphatic rings. The van der Waals surface area contributed by atoms with E-state index in [-0.39, 0.29) is 35.7 Å². The van der Waals surface area contributed by atoms with Gasteiger partial charge in [-0.25, -0.2) is 0 Å². The third-order valence-corrected chi connectivity index (χ3v) is 6.72. The Bertz CT molecular complexity index is 802. The third kappa shape index (κ3) is 3.00. The Morgan fingerprint density at radius 2 is 2.22 bits per heavy atom. The van der Waals surface area contributed by atoms with Crippen LogP contribution in [-0.4, -0.2) is 70.2 Å². The van der Waals surface area contributed by atoms with E-state index in [1.54, 1.807) is 20.8 Å². The maximum absolute atomic E-state index is 12.8. The number of piperazine rings is 1. The minimum atomic E-state index is -0.412. The predicted molar refractivity (Wildman–Crippen MR) is 98.8 cm³/mol. The topological polar surface area (TPSA) is 84.7 Å². The summed E-state index contributed by atoms with van der Waals surface area (Å²) in [6, 6.07) is 5.03. The molecule has 4 rings (SSSR count). The van der Waals surface area contributed by atoms with E-state index in [1.165, 1.54) is 11.3 Å². The zero-order valence-electron chi connectivity index (χ0n) is 15.2. The molecule has 0 aliphatic carbocycles. The maximum Gasteiger partial charge on any atom is 0.264 e. The molecule has 27 heavy (non-hydrogen) atoms. The highest BCUT2D eigenvalue weighted by Gasteiger charge is 2.52. The summed E-state index contributed by atoms with van der Waals surface area (Å²) >= 11 is 1.39. The lowest BCUT2D eigenvalue weighted by Crippen LogP contribution is -2.54. The number of nitriles is 1. The molecule has 7 nitrogen and oxygen atoms in total. The number of nitrogens with zero attached hydrogens (tertiary/aromatic N) is 4. The first-order valence-corrected chi connectivity index (χ1v) is 10.2. The highest BCUT2D eigenvalue weighted by Crippen LogP contribution is 2.34. The zero-order chi connectivity index (χ0) is 19.1. The van der Waals surface area contributed by atoms with Crippen molar-refractivity contribution in [3.63, 3.8) is 0 Å². The average molecular weight is 386 g/mol. The number of hydrogen-bond donors (Lipinski definition) is 0. The first-order valence-electron chi connectivity index (χ1n) is 9.36. The van der Waals surface area contributed by atoms with Gasteiger partial charge in [0.25, 0.3) is 5.91 Å². The van der Waals surface area contributed by atoms with Crippen LogP contribution in [0.1, 0.15) is 35.9 Å². The summed E-state index contributed by atoms with van der Waals surface area (Å²) in [6.07, 6.45) is 2.22. The van der Waals surface area contributed by atoms with Crippen molar-refractivity contribution in [1.82, 2.24) is 14.7 Å². The molecule has 142 valence electrons. The molecule has 1 aromatic rings. The summed E-state index contributed by atoms with van der Waals surface area (Å²) < 4.78 is 0. The second-order valence-electron chi connectivity index (χ2n) is 7.55. The largest absolute Gasteiger partial charge is 0.335 e. The maximum atomic E-state index is 12.8. The van der Waals surface area contributed by atoms with Gasteiger partial charge in [0.05, 0.1) is 22.9 Å². The van der Waals surface area contributed by atoms with Gasteiger partial charge >= 0.3 is 0 Å². The first kappa shape index (κ1) is 18.0. The van der Waals surface area contributed by atoms with Gasteiger partial charge in [-0.3, -0.25) is 14.4 Å². The molecule has 4 heterocycles. The van der Waals surface area contributed by atoms with E-state index < -0.39 is 6.04 Å². The zero-order valence-corrected chi connectivity index (χ0v) is 16.0. The molecule has 0 aromatic carbocycles. The number of rotatable bonds is 4. The van der Waals surface area contributed by atoms with Crippen LogP contribution in [0.25, 0.3) is 0 Å². The Balaban J connectivity index is 1.40. The molecule has 2 bridgehead atoms. The first-order chi connectivity index (χ1) is 13.0. The number of hydrogen-bond acceptors (Lipinski definition) is 5. The molecule has 1 aromatic heterocycles. The smallest absolute Gasteiger partial charge is 0.264 e. The Kier molecular flexibility index (Phi) is 4.64. The van der Waals surface area contributed by atoms with Crippen molar-refractivity contribution in [2.75, 3.05) is 19.6 Å². The fourth-order valence-corrected chi connectivity index (χ4v) is 5.15. The Labute approximate surface area is 162 Å². The van der Waals surface area contributed by atoms with E-state index >= 15 is 0 Å². The third-order valence-electron chi connectivity index (χ3n) is 5.86. The number of carbonyl (C=O) groups is 3. The molecule has 3 aliphatic heterocycles. The summed E-state index contributed by atoms with van der Waals surface area (Å²) in [7, 11) is 0. The Hall–Kier alpha value is -2.40. The molecule has 3 amide bonds. The van der Waals surface area contributed by atoms with Gasteiger partial charge < -0.3 is 14.7 Å². The van der Waals surface area contributed by atoms with Gasteiger partial charge in [0, 0.05) is 19.6 Å². The molecule has 0 unspecified atom stereocenters. The van der Waals surface area contributed by atoms with Crippen LogP contribution in [0.4, 0.5) is 0 Å². The van der Waals surface area contributed by atoms with E-state index in [9.17, 15) is 19.6 Å². The van der Waals surface area contributed by atoms with Crippen molar-refractivity contribution < 1.29 is 14.4 Å². The van der Waals surface area contributed by atoms with Crippen molar-refractivity contribution in [2.24, 2.45) is 5.92 Å². The minimum Gasteiger partial charge on any atom is -0.335 e. The second kappa shape index (κ2) is 6.97. The number of likely N-dealkylation sites (tertiary alicyclic amines) is 3. The molecule has 3 saturated heterocycles. The summed E-state index contributed by atoms with van der Waals surface area (Å²) in [6.45, 7) is 3.32. The molecule has 0 radical (unpaired) electrons. The second-order valence-corrected chi connectivity index (χ2v) is 8.50. The highest BCUT2D eigenvalue weighted by atomic mass is 32.1. The van der Waals surface area contributed by atoms with Crippen LogP contribution in [0, 0.1) is 17.2 Å². The molecule has 3 fully saturated rings. The Morgan fingerprint density at radius 3 is 2.89 bits per heavy atom. The molecule has 0 spiro atoms. The van der Waals surface area contributed by atoms with E-state index in [0.717, 1.165) is 12.8 Å². The van der Waals surface area contributed by atoms with Crippen LogP contribution < -0.4 is 0 Å². The van der Waals surface area contributed by atoms with Crippen LogP contribution in [0.5, 0.6) is 0 Å². The van der Waals surface area contributed by atoms with Crippen LogP contribution in [0.3, 0.4) is 0 Å². The molecule has 0 saturated carbocycles. The summed E-state index contributed by atoms with van der Waals surface area (Å²) in [5, 5.41) is 11.1. The van der Waals surface area contributed by atoms with Gasteiger partial charge in [-0.1, -0.05) is 13.0 Å². The van der Waals surface area contributed by atoms with Gasteiger partial charge in [0.1, 0.15) is 12.1 Å². The Morgan fingerprint density at radius 1 is 1.41 bits per heavy atom. The van der Waals surface area contributed by atoms with Crippen molar-refractivity contribution in [2.45, 2.75) is 44.3 Å². The molecular weight excluding hydrogens is 364 g/mol. The SMILES string of the molecule is C[C@@H](CN1C(=O)[C@H]2C[C@@H]1CN2C(=O)c1cccs1)C(=O)N1CCC[C@H]1C#N. The van der Waals surface area contributed by atoms with Gasteiger partial charge in [-0.05, 0) is 30.7 Å². The number of amides is 3. The monoisotopic (exact) mass is 386 g/mol. The lowest BCUT2D eigenvalue weighted by atomic mass is 10.1. The van der Waals surface area contributed by atoms with Crippen LogP contribution >= 0.6 is 11.3 Å². The minimum absolute atomic E-state index is 0.0213. The highest BCUT2D eigenvalue weighted by molar-refractivity contribution is 7.12. The van der Waals surface area contributed by atoms with E-state index in [4.69, 9.17) is 0 Å². The molecule has 4 atom stereocenters. The summed E-state index contributed by atoms with van der Waals surface area (Å²) in [5.74, 6) is -0.539. The van der Waals surface area contributed by atoms with Crippen molar-refractivity contribution in [3.8, 4) is 6.07 Å². The lowest BCUT2D eigenvalue weighted by molar-refractivity contribution is -0.140. The van der Waals surface area contributed by atoms with E-state index in [1.807, 2.05) is 18.4 Å².